The normalized spacial score (nSPS) is 10.2. The summed E-state index contributed by atoms with van der Waals surface area (Å²) in [6.07, 6.45) is 0. The van der Waals surface area contributed by atoms with Gasteiger partial charge in [-0.05, 0) is 31.2 Å². The Labute approximate surface area is 108 Å². The average Bonchev–Trinajstić information content (AvgIpc) is 2.78. The summed E-state index contributed by atoms with van der Waals surface area (Å²) in [5.41, 5.74) is 0.454. The zero-order valence-electron chi connectivity index (χ0n) is 9.99. The molecule has 0 fully saturated rings. The van der Waals surface area contributed by atoms with Gasteiger partial charge in [0, 0.05) is 10.9 Å². The van der Waals surface area contributed by atoms with Gasteiger partial charge >= 0.3 is 0 Å². The maximum absolute atomic E-state index is 13.0. The molecule has 1 aromatic heterocycles. The lowest BCUT2D eigenvalue weighted by molar-refractivity contribution is 0.103. The van der Waals surface area contributed by atoms with Crippen molar-refractivity contribution in [3.8, 4) is 5.75 Å². The van der Waals surface area contributed by atoms with Crippen LogP contribution in [0.15, 0.2) is 30.3 Å². The Morgan fingerprint density at radius 2 is 2.11 bits per heavy atom. The second-order valence-corrected chi connectivity index (χ2v) is 5.00. The van der Waals surface area contributed by atoms with Gasteiger partial charge in [-0.3, -0.25) is 4.79 Å². The molecule has 18 heavy (non-hydrogen) atoms. The van der Waals surface area contributed by atoms with Gasteiger partial charge in [0.15, 0.2) is 0 Å². The van der Waals surface area contributed by atoms with Crippen LogP contribution < -0.4 is 10.1 Å². The van der Waals surface area contributed by atoms with Crippen LogP contribution in [0.4, 0.5) is 10.1 Å². The van der Waals surface area contributed by atoms with Crippen molar-refractivity contribution in [2.75, 3.05) is 12.4 Å². The third-order valence-corrected chi connectivity index (χ3v) is 3.38. The highest BCUT2D eigenvalue weighted by Crippen LogP contribution is 2.26. The molecule has 0 saturated carbocycles. The number of carbonyl (C=O) groups excluding carboxylic acids is 1. The van der Waals surface area contributed by atoms with Gasteiger partial charge in [-0.1, -0.05) is 0 Å². The maximum atomic E-state index is 13.0. The van der Waals surface area contributed by atoms with E-state index in [1.807, 2.05) is 13.0 Å². The van der Waals surface area contributed by atoms with E-state index in [2.05, 4.69) is 5.32 Å². The van der Waals surface area contributed by atoms with Gasteiger partial charge in [0.1, 0.15) is 11.6 Å². The molecule has 0 spiro atoms. The van der Waals surface area contributed by atoms with Crippen molar-refractivity contribution in [1.82, 2.24) is 0 Å². The molecule has 0 saturated heterocycles. The number of nitrogens with one attached hydrogen (secondary N) is 1. The van der Waals surface area contributed by atoms with Crippen LogP contribution in [-0.2, 0) is 0 Å². The number of methoxy groups -OCH3 is 1. The summed E-state index contributed by atoms with van der Waals surface area (Å²) in [4.78, 5) is 13.6. The molecule has 2 aromatic rings. The number of rotatable bonds is 3. The minimum atomic E-state index is -0.406. The molecular formula is C13H12FNO2S. The van der Waals surface area contributed by atoms with Crippen LogP contribution in [0.1, 0.15) is 14.5 Å². The van der Waals surface area contributed by atoms with E-state index in [4.69, 9.17) is 4.74 Å². The van der Waals surface area contributed by atoms with Crippen LogP contribution in [0, 0.1) is 12.7 Å². The summed E-state index contributed by atoms with van der Waals surface area (Å²) < 4.78 is 18.0. The van der Waals surface area contributed by atoms with Gasteiger partial charge in [-0.15, -0.1) is 11.3 Å². The minimum Gasteiger partial charge on any atom is -0.494 e. The van der Waals surface area contributed by atoms with Crippen LogP contribution in [0.5, 0.6) is 5.75 Å². The molecule has 1 heterocycles. The fourth-order valence-electron chi connectivity index (χ4n) is 1.51. The number of benzene rings is 1. The molecule has 0 radical (unpaired) electrons. The molecule has 0 aliphatic carbocycles. The van der Waals surface area contributed by atoms with Crippen molar-refractivity contribution in [3.63, 3.8) is 0 Å². The number of amides is 1. The van der Waals surface area contributed by atoms with E-state index in [0.29, 0.717) is 16.3 Å². The van der Waals surface area contributed by atoms with Crippen LogP contribution in [0.25, 0.3) is 0 Å². The van der Waals surface area contributed by atoms with Gasteiger partial charge < -0.3 is 10.1 Å². The molecule has 3 nitrogen and oxygen atoms in total. The molecule has 2 rings (SSSR count). The number of anilines is 1. The van der Waals surface area contributed by atoms with E-state index in [1.54, 1.807) is 6.07 Å². The van der Waals surface area contributed by atoms with Crippen molar-refractivity contribution in [1.29, 1.82) is 0 Å². The maximum Gasteiger partial charge on any atom is 0.265 e. The van der Waals surface area contributed by atoms with E-state index >= 15 is 0 Å². The van der Waals surface area contributed by atoms with Crippen LogP contribution in [-0.4, -0.2) is 13.0 Å². The molecule has 0 unspecified atom stereocenters. The third kappa shape index (κ3) is 2.68. The minimum absolute atomic E-state index is 0.224. The number of carbonyl (C=O) groups is 1. The Hall–Kier alpha value is -1.88. The van der Waals surface area contributed by atoms with Gasteiger partial charge in [0.25, 0.3) is 5.91 Å². The molecule has 0 aliphatic heterocycles. The van der Waals surface area contributed by atoms with E-state index < -0.39 is 5.82 Å². The summed E-state index contributed by atoms with van der Waals surface area (Å²) in [7, 11) is 1.43. The molecule has 1 aromatic carbocycles. The Bertz CT molecular complexity index is 580. The highest BCUT2D eigenvalue weighted by atomic mass is 32.1. The van der Waals surface area contributed by atoms with Crippen LogP contribution in [0.3, 0.4) is 0 Å². The van der Waals surface area contributed by atoms with Crippen molar-refractivity contribution >= 4 is 22.9 Å². The van der Waals surface area contributed by atoms with Crippen molar-refractivity contribution < 1.29 is 13.9 Å². The van der Waals surface area contributed by atoms with Gasteiger partial charge in [-0.2, -0.15) is 0 Å². The molecule has 1 amide bonds. The lowest BCUT2D eigenvalue weighted by Gasteiger charge is -2.09. The summed E-state index contributed by atoms with van der Waals surface area (Å²) in [6, 6.07) is 7.62. The van der Waals surface area contributed by atoms with E-state index in [0.717, 1.165) is 4.88 Å². The molecular weight excluding hydrogens is 253 g/mol. The molecule has 0 aliphatic rings. The monoisotopic (exact) mass is 265 g/mol. The molecule has 94 valence electrons. The standard InChI is InChI=1S/C13H12FNO2S/c1-8-3-6-12(18-8)13(16)15-10-5-4-9(14)7-11(10)17-2/h3-7H,1-2H3,(H,15,16). The number of ether oxygens (including phenoxy) is 1. The molecule has 5 heteroatoms. The van der Waals surface area contributed by atoms with Gasteiger partial charge in [0.05, 0.1) is 17.7 Å². The molecule has 0 atom stereocenters. The average molecular weight is 265 g/mol. The van der Waals surface area contributed by atoms with E-state index in [9.17, 15) is 9.18 Å². The van der Waals surface area contributed by atoms with Crippen LogP contribution in [0.2, 0.25) is 0 Å². The Kier molecular flexibility index (Phi) is 3.62. The van der Waals surface area contributed by atoms with E-state index in [-0.39, 0.29) is 5.91 Å². The second kappa shape index (κ2) is 5.18. The van der Waals surface area contributed by atoms with Crippen molar-refractivity contribution in [2.45, 2.75) is 6.92 Å². The summed E-state index contributed by atoms with van der Waals surface area (Å²) in [5.74, 6) is -0.327. The lowest BCUT2D eigenvalue weighted by Crippen LogP contribution is -2.11. The fourth-order valence-corrected chi connectivity index (χ4v) is 2.27. The lowest BCUT2D eigenvalue weighted by atomic mass is 10.2. The topological polar surface area (TPSA) is 38.3 Å². The fraction of sp³-hybridized carbons (Fsp3) is 0.154. The Morgan fingerprint density at radius 1 is 1.33 bits per heavy atom. The number of thiophene rings is 1. The van der Waals surface area contributed by atoms with Crippen LogP contribution >= 0.6 is 11.3 Å². The largest absolute Gasteiger partial charge is 0.494 e. The summed E-state index contributed by atoms with van der Waals surface area (Å²) in [6.45, 7) is 1.93. The predicted octanol–water partition coefficient (Wildman–Crippen LogP) is 3.46. The summed E-state index contributed by atoms with van der Waals surface area (Å²) in [5, 5.41) is 2.70. The molecule has 0 bridgehead atoms. The van der Waals surface area contributed by atoms with Crippen molar-refractivity contribution in [3.05, 3.63) is 45.9 Å². The first kappa shape index (κ1) is 12.6. The quantitative estimate of drug-likeness (QED) is 0.923. The first-order valence-electron chi connectivity index (χ1n) is 5.31. The number of halogens is 1. The van der Waals surface area contributed by atoms with Gasteiger partial charge in [0.2, 0.25) is 0 Å². The second-order valence-electron chi connectivity index (χ2n) is 3.71. The molecule has 1 N–H and O–H groups in total. The zero-order chi connectivity index (χ0) is 13.1. The highest BCUT2D eigenvalue weighted by Gasteiger charge is 2.11. The number of hydrogen-bond acceptors (Lipinski definition) is 3. The van der Waals surface area contributed by atoms with Gasteiger partial charge in [-0.25, -0.2) is 4.39 Å². The Morgan fingerprint density at radius 3 is 2.72 bits per heavy atom. The highest BCUT2D eigenvalue weighted by molar-refractivity contribution is 7.14. The smallest absolute Gasteiger partial charge is 0.265 e. The predicted molar refractivity (Wildman–Crippen MR) is 70.0 cm³/mol. The van der Waals surface area contributed by atoms with Crippen molar-refractivity contribution in [2.24, 2.45) is 0 Å². The SMILES string of the molecule is COc1cc(F)ccc1NC(=O)c1ccc(C)s1. The first-order valence-corrected chi connectivity index (χ1v) is 6.13. The Balaban J connectivity index is 2.21. The first-order chi connectivity index (χ1) is 8.60. The third-order valence-electron chi connectivity index (χ3n) is 2.38. The van der Waals surface area contributed by atoms with E-state index in [1.165, 1.54) is 36.6 Å². The summed E-state index contributed by atoms with van der Waals surface area (Å²) >= 11 is 1.40. The number of hydrogen-bond donors (Lipinski definition) is 1. The zero-order valence-corrected chi connectivity index (χ0v) is 10.8. The number of aryl methyl sites for hydroxylation is 1.